The summed E-state index contributed by atoms with van der Waals surface area (Å²) in [6.07, 6.45) is 12.7. The lowest BCUT2D eigenvalue weighted by Gasteiger charge is -2.30. The fraction of sp³-hybridized carbons (Fsp3) is 0.273. The van der Waals surface area contributed by atoms with Gasteiger partial charge in [0.1, 0.15) is 18.2 Å². The third-order valence-corrected chi connectivity index (χ3v) is 12.2. The highest BCUT2D eigenvalue weighted by Crippen LogP contribution is 2.46. The first-order valence-electron chi connectivity index (χ1n) is 22.0. The molecular formula is C55H56BFN4O4. The van der Waals surface area contributed by atoms with Crippen molar-refractivity contribution in [2.75, 3.05) is 6.61 Å². The summed E-state index contributed by atoms with van der Waals surface area (Å²) < 4.78 is 27.7. The number of aryl methyl sites for hydroxylation is 6. The summed E-state index contributed by atoms with van der Waals surface area (Å²) >= 11 is 0. The number of nitrogens with one attached hydrogen (secondary N) is 1. The van der Waals surface area contributed by atoms with Crippen LogP contribution in [0.25, 0.3) is 23.3 Å². The van der Waals surface area contributed by atoms with Gasteiger partial charge in [0, 0.05) is 34.1 Å². The van der Waals surface area contributed by atoms with Crippen LogP contribution in [0.2, 0.25) is 0 Å². The first kappa shape index (κ1) is 47.3. The van der Waals surface area contributed by atoms with Crippen LogP contribution in [0.15, 0.2) is 109 Å². The molecule has 4 aromatic rings. The molecule has 2 aliphatic rings. The van der Waals surface area contributed by atoms with Gasteiger partial charge in [-0.15, -0.1) is 0 Å². The smallest absolute Gasteiger partial charge is 0.492 e. The predicted molar refractivity (Wildman–Crippen MR) is 260 cm³/mol. The zero-order valence-corrected chi connectivity index (χ0v) is 38.7. The maximum Gasteiger partial charge on any atom is 0.492 e. The van der Waals surface area contributed by atoms with Crippen LogP contribution < -0.4 is 4.74 Å². The molecule has 0 saturated heterocycles. The van der Waals surface area contributed by atoms with E-state index in [1.807, 2.05) is 104 Å². The molecule has 330 valence electrons. The quantitative estimate of drug-likeness (QED) is 0.0515. The molecule has 0 amide bonds. The number of nitrogens with zero attached hydrogens (tertiary/aromatic N) is 3. The van der Waals surface area contributed by atoms with Crippen molar-refractivity contribution in [1.82, 2.24) is 9.79 Å². The third kappa shape index (κ3) is 10.1. The lowest BCUT2D eigenvalue weighted by molar-refractivity contribution is -0.140. The maximum atomic E-state index is 15.5. The summed E-state index contributed by atoms with van der Waals surface area (Å²) in [6, 6.07) is 15.3. The zero-order valence-electron chi connectivity index (χ0n) is 38.7. The van der Waals surface area contributed by atoms with E-state index in [1.54, 1.807) is 23.0 Å². The van der Waals surface area contributed by atoms with Crippen LogP contribution in [-0.2, 0) is 27.4 Å². The van der Waals surface area contributed by atoms with Gasteiger partial charge in [0.15, 0.2) is 5.78 Å². The van der Waals surface area contributed by atoms with Crippen molar-refractivity contribution in [2.45, 2.75) is 93.7 Å². The highest BCUT2D eigenvalue weighted by molar-refractivity contribution is 6.72. The highest BCUT2D eigenvalue weighted by atomic mass is 19.1. The summed E-state index contributed by atoms with van der Waals surface area (Å²) in [5, 5.41) is 20.9. The molecule has 1 atom stereocenters. The number of aromatic amines is 1. The van der Waals surface area contributed by atoms with E-state index in [-0.39, 0.29) is 18.2 Å². The van der Waals surface area contributed by atoms with Crippen molar-refractivity contribution in [1.29, 1.82) is 10.5 Å². The number of nitriles is 2. The van der Waals surface area contributed by atoms with Crippen LogP contribution in [-0.4, -0.2) is 41.0 Å². The number of halogens is 1. The van der Waals surface area contributed by atoms with E-state index in [0.717, 1.165) is 91.9 Å². The second-order valence-corrected chi connectivity index (χ2v) is 16.9. The fourth-order valence-corrected chi connectivity index (χ4v) is 9.29. The predicted octanol–water partition coefficient (Wildman–Crippen LogP) is 12.0. The number of rotatable bonds is 16. The fourth-order valence-electron chi connectivity index (χ4n) is 9.29. The summed E-state index contributed by atoms with van der Waals surface area (Å²) in [7, 11) is 0. The SMILES string of the molecule is C=CC(=O)/C=C\c1ccc(OCCCc2cc(C)cc(COC(=O)C3=C(C)/C(=C(/c4[nH]c(C)c(C5=CCCC=C5F)c4C)c4c(C)cc(C=C)cc4C)N(B(C#N)C#N)C3C)c2)cc1C. The molecule has 0 spiro atoms. The summed E-state index contributed by atoms with van der Waals surface area (Å²) in [5.74, 6) is 4.15. The molecule has 2 heterocycles. The van der Waals surface area contributed by atoms with Gasteiger partial charge in [-0.3, -0.25) is 4.79 Å². The van der Waals surface area contributed by atoms with Crippen LogP contribution in [0.1, 0.15) is 106 Å². The second kappa shape index (κ2) is 20.6. The van der Waals surface area contributed by atoms with Crippen molar-refractivity contribution in [3.8, 4) is 17.7 Å². The Kier molecular flexibility index (Phi) is 15.0. The molecule has 1 aliphatic carbocycles. The second-order valence-electron chi connectivity index (χ2n) is 16.9. The minimum absolute atomic E-state index is 0.0194. The number of esters is 1. The number of hydrogen-bond donors (Lipinski definition) is 1. The molecule has 1 unspecified atom stereocenters. The molecule has 1 N–H and O–H groups in total. The van der Waals surface area contributed by atoms with Gasteiger partial charge in [-0.05, 0) is 167 Å². The van der Waals surface area contributed by atoms with Crippen molar-refractivity contribution in [3.05, 3.63) is 181 Å². The van der Waals surface area contributed by atoms with E-state index in [4.69, 9.17) is 9.47 Å². The van der Waals surface area contributed by atoms with E-state index in [1.165, 1.54) is 12.2 Å². The number of carbonyl (C=O) groups is 2. The zero-order chi connectivity index (χ0) is 47.1. The number of H-pyrrole nitrogens is 1. The van der Waals surface area contributed by atoms with Crippen LogP contribution >= 0.6 is 0 Å². The van der Waals surface area contributed by atoms with Gasteiger partial charge in [-0.2, -0.15) is 0 Å². The van der Waals surface area contributed by atoms with E-state index in [9.17, 15) is 20.1 Å². The molecule has 65 heavy (non-hydrogen) atoms. The monoisotopic (exact) mass is 866 g/mol. The Bertz CT molecular complexity index is 2800. The Balaban J connectivity index is 1.32. The van der Waals surface area contributed by atoms with Gasteiger partial charge >= 0.3 is 12.8 Å². The molecule has 0 saturated carbocycles. The molecule has 0 fully saturated rings. The van der Waals surface area contributed by atoms with Gasteiger partial charge in [-0.25, -0.2) is 19.7 Å². The number of carbonyl (C=O) groups excluding carboxylic acids is 2. The Morgan fingerprint density at radius 2 is 1.63 bits per heavy atom. The number of ether oxygens (including phenoxy) is 2. The van der Waals surface area contributed by atoms with Gasteiger partial charge in [0.25, 0.3) is 0 Å². The average Bonchev–Trinajstić information content (AvgIpc) is 3.71. The molecular weight excluding hydrogens is 810 g/mol. The molecule has 8 nitrogen and oxygen atoms in total. The Morgan fingerprint density at radius 1 is 0.938 bits per heavy atom. The molecule has 0 radical (unpaired) electrons. The van der Waals surface area contributed by atoms with Crippen LogP contribution in [0, 0.1) is 64.0 Å². The molecule has 3 aromatic carbocycles. The van der Waals surface area contributed by atoms with Crippen molar-refractivity contribution >= 4 is 41.9 Å². The summed E-state index contributed by atoms with van der Waals surface area (Å²) in [4.78, 5) is 31.4. The highest BCUT2D eigenvalue weighted by Gasteiger charge is 2.44. The molecule has 1 aromatic heterocycles. The standard InChI is InChI=1S/C55H56BFN4O4/c1-11-41-26-35(5)49(36(6)27-41)52(53-37(7)50(39(9)60-53)47-17-13-14-18-48(47)57)54-38(8)51(40(10)61(54)56(31-58)32-59)55(63)65-30-43-25-33(3)24-42(29-43)16-15-23-64-46-22-20-44(34(4)28-46)19-21-45(62)12-2/h11-12,17-22,24-29,40,60H,1-2,13-16,23,30H2,3-10H3/b21-19-,54-52-. The first-order chi connectivity index (χ1) is 31.1. The number of benzene rings is 3. The van der Waals surface area contributed by atoms with E-state index >= 15 is 4.39 Å². The summed E-state index contributed by atoms with van der Waals surface area (Å²) in [5.41, 5.74) is 14.3. The number of aromatic nitrogens is 1. The van der Waals surface area contributed by atoms with E-state index in [0.29, 0.717) is 46.7 Å². The van der Waals surface area contributed by atoms with Gasteiger partial charge in [0.2, 0.25) is 0 Å². The molecule has 6 rings (SSSR count). The average molecular weight is 867 g/mol. The van der Waals surface area contributed by atoms with E-state index < -0.39 is 18.9 Å². The number of hydrogen-bond acceptors (Lipinski definition) is 7. The topological polar surface area (TPSA) is 119 Å². The lowest BCUT2D eigenvalue weighted by atomic mass is 9.63. The van der Waals surface area contributed by atoms with Gasteiger partial charge in [-0.1, -0.05) is 73.3 Å². The molecule has 10 heteroatoms. The largest absolute Gasteiger partial charge is 0.494 e. The number of ketones is 1. The van der Waals surface area contributed by atoms with Crippen molar-refractivity contribution in [3.63, 3.8) is 0 Å². The van der Waals surface area contributed by atoms with E-state index in [2.05, 4.69) is 36.1 Å². The van der Waals surface area contributed by atoms with Crippen LogP contribution in [0.3, 0.4) is 0 Å². The maximum absolute atomic E-state index is 15.5. The third-order valence-electron chi connectivity index (χ3n) is 12.2. The summed E-state index contributed by atoms with van der Waals surface area (Å²) in [6.45, 7) is 22.3. The first-order valence-corrected chi connectivity index (χ1v) is 22.0. The lowest BCUT2D eigenvalue weighted by Crippen LogP contribution is -2.42. The molecule has 0 bridgehead atoms. The minimum Gasteiger partial charge on any atom is -0.494 e. The van der Waals surface area contributed by atoms with Gasteiger partial charge in [0.05, 0.1) is 29.8 Å². The minimum atomic E-state index is -1.25. The van der Waals surface area contributed by atoms with Crippen molar-refractivity contribution < 1.29 is 23.5 Å². The van der Waals surface area contributed by atoms with Crippen LogP contribution in [0.5, 0.6) is 5.75 Å². The van der Waals surface area contributed by atoms with Crippen molar-refractivity contribution in [2.24, 2.45) is 0 Å². The van der Waals surface area contributed by atoms with Crippen LogP contribution in [0.4, 0.5) is 4.39 Å². The Labute approximate surface area is 383 Å². The Hall–Kier alpha value is -7.17. The Morgan fingerprint density at radius 3 is 2.28 bits per heavy atom. The van der Waals surface area contributed by atoms with Gasteiger partial charge < -0.3 is 19.3 Å². The number of allylic oxidation sites excluding steroid dienone is 7. The normalized spacial score (nSPS) is 15.6. The molecule has 1 aliphatic heterocycles.